The molecule has 1 saturated carbocycles. The van der Waals surface area contributed by atoms with Gasteiger partial charge in [-0.05, 0) is 39.5 Å². The van der Waals surface area contributed by atoms with Crippen LogP contribution in [0.2, 0.25) is 0 Å². The van der Waals surface area contributed by atoms with E-state index in [2.05, 4.69) is 0 Å². The number of benzene rings is 1. The summed E-state index contributed by atoms with van der Waals surface area (Å²) in [4.78, 5) is 0. The second kappa shape index (κ2) is 5.98. The van der Waals surface area contributed by atoms with Gasteiger partial charge in [0, 0.05) is 18.2 Å². The van der Waals surface area contributed by atoms with E-state index in [-0.39, 0.29) is 18.0 Å². The van der Waals surface area contributed by atoms with E-state index in [1.165, 1.54) is 19.3 Å². The Morgan fingerprint density at radius 2 is 1.72 bits per heavy atom. The molecule has 0 heterocycles. The fourth-order valence-electron chi connectivity index (χ4n) is 2.34. The molecule has 18 heavy (non-hydrogen) atoms. The molecular weight excluding hydrogens is 228 g/mol. The zero-order chi connectivity index (χ0) is 13.0. The van der Waals surface area contributed by atoms with Crippen molar-refractivity contribution < 1.29 is 14.6 Å². The summed E-state index contributed by atoms with van der Waals surface area (Å²) in [7, 11) is 0. The molecule has 0 spiro atoms. The number of rotatable bonds is 4. The van der Waals surface area contributed by atoms with Crippen molar-refractivity contribution in [3.63, 3.8) is 0 Å². The predicted octanol–water partition coefficient (Wildman–Crippen LogP) is 3.89. The SMILES string of the molecule is CC(C)Oc1cc(O)cc(OC2CCCCC2)c1. The number of aromatic hydroxyl groups is 1. The lowest BCUT2D eigenvalue weighted by Gasteiger charge is -2.23. The van der Waals surface area contributed by atoms with Crippen LogP contribution in [0.15, 0.2) is 18.2 Å². The van der Waals surface area contributed by atoms with E-state index in [0.29, 0.717) is 11.5 Å². The van der Waals surface area contributed by atoms with Crippen molar-refractivity contribution in [1.29, 1.82) is 0 Å². The van der Waals surface area contributed by atoms with E-state index >= 15 is 0 Å². The van der Waals surface area contributed by atoms with Crippen LogP contribution in [-0.4, -0.2) is 17.3 Å². The van der Waals surface area contributed by atoms with Gasteiger partial charge in [-0.25, -0.2) is 0 Å². The second-order valence-corrected chi connectivity index (χ2v) is 5.21. The van der Waals surface area contributed by atoms with Crippen molar-refractivity contribution in [1.82, 2.24) is 0 Å². The summed E-state index contributed by atoms with van der Waals surface area (Å²) >= 11 is 0. The van der Waals surface area contributed by atoms with Gasteiger partial charge in [0.25, 0.3) is 0 Å². The van der Waals surface area contributed by atoms with Gasteiger partial charge in [0.05, 0.1) is 12.2 Å². The van der Waals surface area contributed by atoms with Gasteiger partial charge in [-0.1, -0.05) is 6.42 Å². The third-order valence-corrected chi connectivity index (χ3v) is 3.09. The topological polar surface area (TPSA) is 38.7 Å². The summed E-state index contributed by atoms with van der Waals surface area (Å²) in [6.07, 6.45) is 6.37. The maximum absolute atomic E-state index is 9.68. The minimum atomic E-state index is 0.0920. The molecule has 1 N–H and O–H groups in total. The molecule has 3 nitrogen and oxygen atoms in total. The lowest BCUT2D eigenvalue weighted by atomic mass is 9.98. The molecule has 0 amide bonds. The minimum absolute atomic E-state index is 0.0920. The Morgan fingerprint density at radius 3 is 2.39 bits per heavy atom. The molecular formula is C15H22O3. The fourth-order valence-corrected chi connectivity index (χ4v) is 2.34. The normalized spacial score (nSPS) is 16.8. The number of hydrogen-bond acceptors (Lipinski definition) is 3. The van der Waals surface area contributed by atoms with Crippen LogP contribution in [0.5, 0.6) is 17.2 Å². The lowest BCUT2D eigenvalue weighted by molar-refractivity contribution is 0.153. The van der Waals surface area contributed by atoms with Gasteiger partial charge >= 0.3 is 0 Å². The van der Waals surface area contributed by atoms with Gasteiger partial charge in [0.15, 0.2) is 0 Å². The first kappa shape index (κ1) is 13.1. The largest absolute Gasteiger partial charge is 0.508 e. The van der Waals surface area contributed by atoms with Crippen molar-refractivity contribution >= 4 is 0 Å². The average molecular weight is 250 g/mol. The van der Waals surface area contributed by atoms with Gasteiger partial charge < -0.3 is 14.6 Å². The minimum Gasteiger partial charge on any atom is -0.508 e. The molecule has 1 fully saturated rings. The third-order valence-electron chi connectivity index (χ3n) is 3.09. The molecule has 3 heteroatoms. The predicted molar refractivity (Wildman–Crippen MR) is 71.4 cm³/mol. The Morgan fingerprint density at radius 1 is 1.06 bits per heavy atom. The summed E-state index contributed by atoms with van der Waals surface area (Å²) in [5.74, 6) is 1.56. The Kier molecular flexibility index (Phi) is 4.34. The molecule has 0 radical (unpaired) electrons. The van der Waals surface area contributed by atoms with Crippen molar-refractivity contribution in [3.8, 4) is 17.2 Å². The standard InChI is InChI=1S/C15H22O3/c1-11(2)17-14-8-12(16)9-15(10-14)18-13-6-4-3-5-7-13/h8-11,13,16H,3-7H2,1-2H3. The molecule has 0 bridgehead atoms. The highest BCUT2D eigenvalue weighted by molar-refractivity contribution is 5.41. The molecule has 1 aromatic carbocycles. The zero-order valence-electron chi connectivity index (χ0n) is 11.2. The molecule has 0 unspecified atom stereocenters. The molecule has 1 aromatic rings. The van der Waals surface area contributed by atoms with Gasteiger partial charge in [-0.2, -0.15) is 0 Å². The quantitative estimate of drug-likeness (QED) is 0.881. The fraction of sp³-hybridized carbons (Fsp3) is 0.600. The first-order chi connectivity index (χ1) is 8.63. The molecule has 1 aliphatic rings. The van der Waals surface area contributed by atoms with Gasteiger partial charge in [0.1, 0.15) is 17.2 Å². The smallest absolute Gasteiger partial charge is 0.127 e. The highest BCUT2D eigenvalue weighted by Crippen LogP contribution is 2.30. The van der Waals surface area contributed by atoms with Crippen LogP contribution in [0.3, 0.4) is 0 Å². The summed E-state index contributed by atoms with van der Waals surface area (Å²) in [5, 5.41) is 9.68. The molecule has 2 rings (SSSR count). The van der Waals surface area contributed by atoms with E-state index in [1.807, 2.05) is 19.9 Å². The first-order valence-electron chi connectivity index (χ1n) is 6.81. The molecule has 1 aliphatic carbocycles. The maximum atomic E-state index is 9.68. The van der Waals surface area contributed by atoms with Crippen LogP contribution in [0.25, 0.3) is 0 Å². The monoisotopic (exact) mass is 250 g/mol. The molecule has 0 saturated heterocycles. The van der Waals surface area contributed by atoms with Crippen molar-refractivity contribution in [2.24, 2.45) is 0 Å². The van der Waals surface area contributed by atoms with Gasteiger partial charge in [-0.3, -0.25) is 0 Å². The first-order valence-corrected chi connectivity index (χ1v) is 6.81. The highest BCUT2D eigenvalue weighted by atomic mass is 16.5. The molecule has 0 aromatic heterocycles. The lowest BCUT2D eigenvalue weighted by Crippen LogP contribution is -2.19. The van der Waals surface area contributed by atoms with E-state index in [9.17, 15) is 5.11 Å². The zero-order valence-corrected chi connectivity index (χ0v) is 11.2. The Hall–Kier alpha value is -1.38. The molecule has 100 valence electrons. The van der Waals surface area contributed by atoms with Crippen LogP contribution in [0, 0.1) is 0 Å². The van der Waals surface area contributed by atoms with E-state index in [4.69, 9.17) is 9.47 Å². The highest BCUT2D eigenvalue weighted by Gasteiger charge is 2.15. The van der Waals surface area contributed by atoms with Crippen LogP contribution in [-0.2, 0) is 0 Å². The second-order valence-electron chi connectivity index (χ2n) is 5.21. The maximum Gasteiger partial charge on any atom is 0.127 e. The molecule has 0 aliphatic heterocycles. The number of hydrogen-bond donors (Lipinski definition) is 1. The summed E-state index contributed by atoms with van der Waals surface area (Å²) in [6, 6.07) is 5.13. The van der Waals surface area contributed by atoms with Crippen molar-refractivity contribution in [2.75, 3.05) is 0 Å². The Bertz CT molecular complexity index is 381. The summed E-state index contributed by atoms with van der Waals surface area (Å²) < 4.78 is 11.5. The van der Waals surface area contributed by atoms with Crippen molar-refractivity contribution in [3.05, 3.63) is 18.2 Å². The Balaban J connectivity index is 2.04. The van der Waals surface area contributed by atoms with Crippen LogP contribution < -0.4 is 9.47 Å². The van der Waals surface area contributed by atoms with Crippen molar-refractivity contribution in [2.45, 2.75) is 58.2 Å². The number of phenolic OH excluding ortho intramolecular Hbond substituents is 1. The van der Waals surface area contributed by atoms with Gasteiger partial charge in [0.2, 0.25) is 0 Å². The molecule has 0 atom stereocenters. The summed E-state index contributed by atoms with van der Waals surface area (Å²) in [6.45, 7) is 3.93. The van der Waals surface area contributed by atoms with E-state index in [0.717, 1.165) is 12.8 Å². The van der Waals surface area contributed by atoms with Crippen LogP contribution in [0.1, 0.15) is 46.0 Å². The number of ether oxygens (including phenoxy) is 2. The van der Waals surface area contributed by atoms with E-state index in [1.54, 1.807) is 12.1 Å². The van der Waals surface area contributed by atoms with E-state index < -0.39 is 0 Å². The van der Waals surface area contributed by atoms with Gasteiger partial charge in [-0.15, -0.1) is 0 Å². The van der Waals surface area contributed by atoms with Crippen LogP contribution in [0.4, 0.5) is 0 Å². The third kappa shape index (κ3) is 3.83. The number of phenols is 1. The van der Waals surface area contributed by atoms with Crippen LogP contribution >= 0.6 is 0 Å². The summed E-state index contributed by atoms with van der Waals surface area (Å²) in [5.41, 5.74) is 0. The Labute approximate surface area is 109 Å². The average Bonchev–Trinajstić information content (AvgIpc) is 2.28.